The summed E-state index contributed by atoms with van der Waals surface area (Å²) < 4.78 is 39.0. The van der Waals surface area contributed by atoms with E-state index in [2.05, 4.69) is 0 Å². The molecule has 0 spiro atoms. The Bertz CT molecular complexity index is 978. The lowest BCUT2D eigenvalue weighted by molar-refractivity contribution is -0.142. The van der Waals surface area contributed by atoms with Crippen molar-refractivity contribution >= 4 is 29.9 Å². The van der Waals surface area contributed by atoms with Crippen molar-refractivity contribution in [3.8, 4) is 0 Å². The number of piperazine rings is 1. The van der Waals surface area contributed by atoms with Gasteiger partial charge in [0.1, 0.15) is 0 Å². The Morgan fingerprint density at radius 1 is 0.938 bits per heavy atom. The van der Waals surface area contributed by atoms with Crippen LogP contribution in [0.4, 0.5) is 18.9 Å². The molecule has 0 saturated carbocycles. The molecule has 2 aromatic rings. The highest BCUT2D eigenvalue weighted by molar-refractivity contribution is 6.08. The van der Waals surface area contributed by atoms with Gasteiger partial charge in [0.2, 0.25) is 11.8 Å². The second kappa shape index (κ2) is 9.11. The molecule has 9 heteroatoms. The van der Waals surface area contributed by atoms with Gasteiger partial charge in [0, 0.05) is 38.3 Å². The minimum atomic E-state index is -4.38. The first-order valence-electron chi connectivity index (χ1n) is 10.2. The molecule has 1 unspecified atom stereocenters. The summed E-state index contributed by atoms with van der Waals surface area (Å²) in [5.74, 6) is -0.402. The van der Waals surface area contributed by atoms with E-state index in [0.717, 1.165) is 17.7 Å². The number of likely N-dealkylation sites (tertiary alicyclic amines) is 1. The molecule has 0 aromatic heterocycles. The van der Waals surface area contributed by atoms with Gasteiger partial charge in [-0.15, -0.1) is 12.4 Å². The van der Waals surface area contributed by atoms with Crippen LogP contribution in [-0.2, 0) is 21.2 Å². The minimum Gasteiger partial charge on any atom is -0.369 e. The quantitative estimate of drug-likeness (QED) is 0.639. The highest BCUT2D eigenvalue weighted by Gasteiger charge is 2.49. The number of halogens is 4. The maximum atomic E-state index is 13.1. The van der Waals surface area contributed by atoms with Crippen molar-refractivity contribution in [2.75, 3.05) is 37.7 Å². The van der Waals surface area contributed by atoms with E-state index in [4.69, 9.17) is 0 Å². The molecule has 32 heavy (non-hydrogen) atoms. The zero-order chi connectivity index (χ0) is 22.2. The summed E-state index contributed by atoms with van der Waals surface area (Å²) in [6, 6.07) is 14.6. The van der Waals surface area contributed by atoms with E-state index in [1.165, 1.54) is 11.0 Å². The molecule has 2 amide bonds. The monoisotopic (exact) mass is 467 g/mol. The van der Waals surface area contributed by atoms with Gasteiger partial charge in [-0.1, -0.05) is 36.4 Å². The van der Waals surface area contributed by atoms with Gasteiger partial charge in [0.25, 0.3) is 0 Å². The molecule has 2 heterocycles. The summed E-state index contributed by atoms with van der Waals surface area (Å²) in [4.78, 5) is 30.9. The molecule has 2 aliphatic heterocycles. The van der Waals surface area contributed by atoms with E-state index in [1.54, 1.807) is 13.0 Å². The van der Waals surface area contributed by atoms with Crippen molar-refractivity contribution in [2.45, 2.75) is 24.9 Å². The van der Waals surface area contributed by atoms with Crippen LogP contribution in [0.3, 0.4) is 0 Å². The van der Waals surface area contributed by atoms with Crippen LogP contribution in [0, 0.1) is 0 Å². The molecule has 2 aromatic carbocycles. The molecule has 0 N–H and O–H groups in total. The Morgan fingerprint density at radius 2 is 1.59 bits per heavy atom. The third kappa shape index (κ3) is 4.61. The summed E-state index contributed by atoms with van der Waals surface area (Å²) >= 11 is 0. The molecule has 2 aliphatic rings. The van der Waals surface area contributed by atoms with Crippen LogP contribution in [0.15, 0.2) is 54.6 Å². The van der Waals surface area contributed by atoms with Crippen LogP contribution in [0.2, 0.25) is 0 Å². The van der Waals surface area contributed by atoms with Crippen molar-refractivity contribution in [3.05, 3.63) is 65.7 Å². The molecule has 0 bridgehead atoms. The molecule has 0 aliphatic carbocycles. The fourth-order valence-electron chi connectivity index (χ4n) is 4.29. The first kappa shape index (κ1) is 24.1. The first-order valence-corrected chi connectivity index (χ1v) is 10.2. The molecular weight excluding hydrogens is 443 g/mol. The Morgan fingerprint density at radius 3 is 2.22 bits per heavy atom. The number of alkyl halides is 3. The first-order chi connectivity index (χ1) is 14.7. The number of carbonyl (C=O) groups is 2. The predicted octanol–water partition coefficient (Wildman–Crippen LogP) is 3.92. The molecule has 0 radical (unpaired) electrons. The third-order valence-corrected chi connectivity index (χ3v) is 6.19. The molecule has 4 rings (SSSR count). The average molecular weight is 468 g/mol. The fraction of sp³-hybridized carbons (Fsp3) is 0.391. The zero-order valence-corrected chi connectivity index (χ0v) is 18.5. The van der Waals surface area contributed by atoms with Crippen LogP contribution >= 0.6 is 12.4 Å². The number of amides is 2. The largest absolute Gasteiger partial charge is 0.416 e. The standard InChI is InChI=1S/C23H24F3N3O2.ClH/c1-22(17-6-3-2-4-7-17)15-20(30)29(21(22)31)16-27-10-12-28(13-11-27)19-9-5-8-18(14-19)23(24,25)26;/h2-9,14H,10-13,15-16H2,1H3;1H. The second-order valence-corrected chi connectivity index (χ2v) is 8.30. The Labute approximate surface area is 191 Å². The molecule has 2 saturated heterocycles. The van der Waals surface area contributed by atoms with Gasteiger partial charge in [-0.25, -0.2) is 0 Å². The lowest BCUT2D eigenvalue weighted by atomic mass is 9.81. The fourth-order valence-corrected chi connectivity index (χ4v) is 4.29. The predicted molar refractivity (Wildman–Crippen MR) is 118 cm³/mol. The normalized spacial score (nSPS) is 22.2. The van der Waals surface area contributed by atoms with Gasteiger partial charge < -0.3 is 4.90 Å². The molecule has 172 valence electrons. The highest BCUT2D eigenvalue weighted by Crippen LogP contribution is 2.36. The van der Waals surface area contributed by atoms with E-state index in [0.29, 0.717) is 31.9 Å². The van der Waals surface area contributed by atoms with E-state index < -0.39 is 17.2 Å². The summed E-state index contributed by atoms with van der Waals surface area (Å²) in [6.45, 7) is 4.15. The van der Waals surface area contributed by atoms with Crippen molar-refractivity contribution < 1.29 is 22.8 Å². The number of hydrogen-bond acceptors (Lipinski definition) is 4. The Kier molecular flexibility index (Phi) is 6.86. The number of anilines is 1. The minimum absolute atomic E-state index is 0. The number of rotatable bonds is 4. The maximum absolute atomic E-state index is 13.1. The number of carbonyl (C=O) groups excluding carboxylic acids is 2. The zero-order valence-electron chi connectivity index (χ0n) is 17.6. The molecule has 2 fully saturated rings. The maximum Gasteiger partial charge on any atom is 0.416 e. The number of nitrogens with zero attached hydrogens (tertiary/aromatic N) is 3. The van der Waals surface area contributed by atoms with Gasteiger partial charge in [0.05, 0.1) is 17.6 Å². The van der Waals surface area contributed by atoms with Gasteiger partial charge in [-0.05, 0) is 30.7 Å². The van der Waals surface area contributed by atoms with E-state index >= 15 is 0 Å². The molecule has 5 nitrogen and oxygen atoms in total. The lowest BCUT2D eigenvalue weighted by Gasteiger charge is -2.37. The number of imide groups is 1. The molecular formula is C23H25ClF3N3O2. The summed E-state index contributed by atoms with van der Waals surface area (Å²) in [5, 5.41) is 0. The average Bonchev–Trinajstić information content (AvgIpc) is 2.98. The van der Waals surface area contributed by atoms with Crippen molar-refractivity contribution in [1.82, 2.24) is 9.80 Å². The highest BCUT2D eigenvalue weighted by atomic mass is 35.5. The van der Waals surface area contributed by atoms with Gasteiger partial charge >= 0.3 is 6.18 Å². The smallest absolute Gasteiger partial charge is 0.369 e. The van der Waals surface area contributed by atoms with Gasteiger partial charge in [-0.2, -0.15) is 13.2 Å². The van der Waals surface area contributed by atoms with E-state index in [1.807, 2.05) is 40.1 Å². The lowest BCUT2D eigenvalue weighted by Crippen LogP contribution is -2.51. The molecule has 1 atom stereocenters. The van der Waals surface area contributed by atoms with Crippen molar-refractivity contribution in [1.29, 1.82) is 0 Å². The van der Waals surface area contributed by atoms with Crippen LogP contribution in [0.25, 0.3) is 0 Å². The van der Waals surface area contributed by atoms with Crippen molar-refractivity contribution in [2.24, 2.45) is 0 Å². The third-order valence-electron chi connectivity index (χ3n) is 6.19. The second-order valence-electron chi connectivity index (χ2n) is 8.30. The number of hydrogen-bond donors (Lipinski definition) is 0. The Balaban J connectivity index is 0.00000289. The van der Waals surface area contributed by atoms with Gasteiger partial charge in [-0.3, -0.25) is 19.4 Å². The van der Waals surface area contributed by atoms with Gasteiger partial charge in [0.15, 0.2) is 0 Å². The van der Waals surface area contributed by atoms with Crippen LogP contribution in [0.1, 0.15) is 24.5 Å². The summed E-state index contributed by atoms with van der Waals surface area (Å²) in [6.07, 6.45) is -4.24. The van der Waals surface area contributed by atoms with Crippen LogP contribution < -0.4 is 4.90 Å². The van der Waals surface area contributed by atoms with Crippen LogP contribution in [0.5, 0.6) is 0 Å². The Hall–Kier alpha value is -2.58. The summed E-state index contributed by atoms with van der Waals surface area (Å²) in [5.41, 5.74) is -0.177. The van der Waals surface area contributed by atoms with Crippen molar-refractivity contribution in [3.63, 3.8) is 0 Å². The van der Waals surface area contributed by atoms with Crippen LogP contribution in [-0.4, -0.2) is 54.5 Å². The van der Waals surface area contributed by atoms with E-state index in [-0.39, 0.29) is 37.3 Å². The van der Waals surface area contributed by atoms with E-state index in [9.17, 15) is 22.8 Å². The topological polar surface area (TPSA) is 43.9 Å². The summed E-state index contributed by atoms with van der Waals surface area (Å²) in [7, 11) is 0. The number of benzene rings is 2. The SMILES string of the molecule is CC1(c2ccccc2)CC(=O)N(CN2CCN(c3cccc(C(F)(F)F)c3)CC2)C1=O.Cl.